The number of amides is 1. The number of aryl methyl sites for hydroxylation is 1. The predicted molar refractivity (Wildman–Crippen MR) is 95.4 cm³/mol. The van der Waals surface area contributed by atoms with Crippen molar-refractivity contribution in [2.24, 2.45) is 0 Å². The van der Waals surface area contributed by atoms with Crippen LogP contribution in [-0.2, 0) is 0 Å². The number of nitrogens with zero attached hydrogens (tertiary/aromatic N) is 2. The van der Waals surface area contributed by atoms with Crippen LogP contribution in [0.15, 0.2) is 40.9 Å². The first-order valence-corrected chi connectivity index (χ1v) is 7.99. The Bertz CT molecular complexity index is 916. The highest BCUT2D eigenvalue weighted by atomic mass is 19.1. The maximum atomic E-state index is 13.4. The number of benzene rings is 1. The molecule has 0 aliphatic carbocycles. The molecule has 1 aromatic carbocycles. The van der Waals surface area contributed by atoms with Gasteiger partial charge in [-0.2, -0.15) is 0 Å². The van der Waals surface area contributed by atoms with E-state index in [1.807, 2.05) is 32.8 Å². The fraction of sp³-hybridized carbons (Fsp3) is 0.263. The minimum Gasteiger partial charge on any atom is -0.459 e. The summed E-state index contributed by atoms with van der Waals surface area (Å²) in [5, 5.41) is 3.61. The van der Waals surface area contributed by atoms with Gasteiger partial charge in [0.2, 0.25) is 0 Å². The zero-order valence-electron chi connectivity index (χ0n) is 14.6. The third-order valence-corrected chi connectivity index (χ3v) is 4.14. The first-order chi connectivity index (χ1) is 11.9. The number of nitrogens with one attached hydrogen (secondary N) is 1. The van der Waals surface area contributed by atoms with Gasteiger partial charge in [0.1, 0.15) is 23.0 Å². The molecule has 130 valence electrons. The molecule has 0 radical (unpaired) electrons. The molecule has 2 aromatic heterocycles. The van der Waals surface area contributed by atoms with Crippen LogP contribution in [0.2, 0.25) is 0 Å². The molecule has 0 spiro atoms. The van der Waals surface area contributed by atoms with Gasteiger partial charge in [0, 0.05) is 31.2 Å². The monoisotopic (exact) mass is 341 g/mol. The van der Waals surface area contributed by atoms with Crippen molar-refractivity contribution in [3.05, 3.63) is 59.2 Å². The van der Waals surface area contributed by atoms with E-state index in [1.54, 1.807) is 18.2 Å². The SMILES string of the molecule is Cc1c(C(C)NC(=O)c2ccc(N(C)C)nc2)oc2ccc(F)cc12. The van der Waals surface area contributed by atoms with E-state index in [9.17, 15) is 9.18 Å². The van der Waals surface area contributed by atoms with Crippen molar-refractivity contribution in [1.29, 1.82) is 0 Å². The third-order valence-electron chi connectivity index (χ3n) is 4.14. The number of fused-ring (bicyclic) bond motifs is 1. The molecule has 3 rings (SSSR count). The van der Waals surface area contributed by atoms with Crippen molar-refractivity contribution in [2.45, 2.75) is 19.9 Å². The van der Waals surface area contributed by atoms with Crippen LogP contribution >= 0.6 is 0 Å². The zero-order valence-corrected chi connectivity index (χ0v) is 14.6. The van der Waals surface area contributed by atoms with Gasteiger partial charge in [-0.1, -0.05) is 0 Å². The van der Waals surface area contributed by atoms with Crippen molar-refractivity contribution >= 4 is 22.7 Å². The summed E-state index contributed by atoms with van der Waals surface area (Å²) in [6.07, 6.45) is 1.54. The highest BCUT2D eigenvalue weighted by molar-refractivity contribution is 5.94. The van der Waals surface area contributed by atoms with Gasteiger partial charge in [-0.3, -0.25) is 4.79 Å². The number of pyridine rings is 1. The van der Waals surface area contributed by atoms with Crippen molar-refractivity contribution in [1.82, 2.24) is 10.3 Å². The number of rotatable bonds is 4. The normalized spacial score (nSPS) is 12.2. The lowest BCUT2D eigenvalue weighted by Gasteiger charge is -2.14. The first-order valence-electron chi connectivity index (χ1n) is 7.99. The summed E-state index contributed by atoms with van der Waals surface area (Å²) in [7, 11) is 3.77. The molecular formula is C19H20FN3O2. The summed E-state index contributed by atoms with van der Waals surface area (Å²) in [5.41, 5.74) is 1.90. The third kappa shape index (κ3) is 3.33. The standard InChI is InChI=1S/C19H20FN3O2/c1-11-15-9-14(20)6-7-16(15)25-18(11)12(2)22-19(24)13-5-8-17(21-10-13)23(3)4/h5-10,12H,1-4H3,(H,22,24). The topological polar surface area (TPSA) is 58.4 Å². The van der Waals surface area contributed by atoms with Crippen LogP contribution in [0.5, 0.6) is 0 Å². The largest absolute Gasteiger partial charge is 0.459 e. The van der Waals surface area contributed by atoms with Crippen molar-refractivity contribution in [3.8, 4) is 0 Å². The number of furan rings is 1. The van der Waals surface area contributed by atoms with Gasteiger partial charge >= 0.3 is 0 Å². The quantitative estimate of drug-likeness (QED) is 0.783. The molecule has 6 heteroatoms. The molecule has 1 unspecified atom stereocenters. The number of hydrogen-bond donors (Lipinski definition) is 1. The van der Waals surface area contributed by atoms with Crippen LogP contribution < -0.4 is 10.2 Å². The molecule has 0 aliphatic rings. The molecule has 1 N–H and O–H groups in total. The van der Waals surface area contributed by atoms with Crippen LogP contribution in [0, 0.1) is 12.7 Å². The molecule has 5 nitrogen and oxygen atoms in total. The van der Waals surface area contributed by atoms with E-state index in [2.05, 4.69) is 10.3 Å². The molecule has 0 saturated carbocycles. The summed E-state index contributed by atoms with van der Waals surface area (Å²) in [6.45, 7) is 3.69. The molecule has 1 atom stereocenters. The van der Waals surface area contributed by atoms with Gasteiger partial charge in [-0.25, -0.2) is 9.37 Å². The van der Waals surface area contributed by atoms with Crippen molar-refractivity contribution in [2.75, 3.05) is 19.0 Å². The molecular weight excluding hydrogens is 321 g/mol. The van der Waals surface area contributed by atoms with Gasteiger partial charge in [-0.15, -0.1) is 0 Å². The average molecular weight is 341 g/mol. The molecule has 0 saturated heterocycles. The van der Waals surface area contributed by atoms with Crippen molar-refractivity contribution in [3.63, 3.8) is 0 Å². The molecule has 2 heterocycles. The van der Waals surface area contributed by atoms with Crippen LogP contribution in [0.4, 0.5) is 10.2 Å². The van der Waals surface area contributed by atoms with E-state index in [-0.39, 0.29) is 17.8 Å². The second-order valence-corrected chi connectivity index (χ2v) is 6.23. The van der Waals surface area contributed by atoms with Crippen LogP contribution in [0.25, 0.3) is 11.0 Å². The average Bonchev–Trinajstić information content (AvgIpc) is 2.91. The second kappa shape index (κ2) is 6.55. The lowest BCUT2D eigenvalue weighted by molar-refractivity contribution is 0.0935. The summed E-state index contributed by atoms with van der Waals surface area (Å²) in [6, 6.07) is 7.56. The smallest absolute Gasteiger partial charge is 0.253 e. The highest BCUT2D eigenvalue weighted by Crippen LogP contribution is 2.30. The van der Waals surface area contributed by atoms with Crippen LogP contribution in [0.1, 0.15) is 34.6 Å². The van der Waals surface area contributed by atoms with Crippen LogP contribution in [-0.4, -0.2) is 25.0 Å². The maximum Gasteiger partial charge on any atom is 0.253 e. The maximum absolute atomic E-state index is 13.4. The molecule has 0 aliphatic heterocycles. The van der Waals surface area contributed by atoms with E-state index in [1.165, 1.54) is 18.3 Å². The molecule has 3 aromatic rings. The van der Waals surface area contributed by atoms with E-state index < -0.39 is 0 Å². The summed E-state index contributed by atoms with van der Waals surface area (Å²) in [5.74, 6) is 0.842. The number of hydrogen-bond acceptors (Lipinski definition) is 4. The number of anilines is 1. The Balaban J connectivity index is 1.80. The summed E-state index contributed by atoms with van der Waals surface area (Å²) < 4.78 is 19.2. The van der Waals surface area contributed by atoms with Crippen LogP contribution in [0.3, 0.4) is 0 Å². The van der Waals surface area contributed by atoms with E-state index >= 15 is 0 Å². The van der Waals surface area contributed by atoms with Gasteiger partial charge in [0.25, 0.3) is 5.91 Å². The Morgan fingerprint density at radius 2 is 2.04 bits per heavy atom. The molecule has 0 bridgehead atoms. The van der Waals surface area contributed by atoms with Gasteiger partial charge in [-0.05, 0) is 44.2 Å². The fourth-order valence-electron chi connectivity index (χ4n) is 2.76. The Kier molecular flexibility index (Phi) is 4.44. The number of halogens is 1. The minimum atomic E-state index is -0.350. The first kappa shape index (κ1) is 17.0. The van der Waals surface area contributed by atoms with Crippen molar-refractivity contribution < 1.29 is 13.6 Å². The summed E-state index contributed by atoms with van der Waals surface area (Å²) >= 11 is 0. The molecule has 25 heavy (non-hydrogen) atoms. The Labute approximate surface area is 145 Å². The number of carbonyl (C=O) groups is 1. The number of carbonyl (C=O) groups excluding carboxylic acids is 1. The molecule has 1 amide bonds. The predicted octanol–water partition coefficient (Wildman–Crippen LogP) is 3.83. The van der Waals surface area contributed by atoms with Gasteiger partial charge in [0.15, 0.2) is 0 Å². The van der Waals surface area contributed by atoms with E-state index in [0.717, 1.165) is 11.4 Å². The summed E-state index contributed by atoms with van der Waals surface area (Å²) in [4.78, 5) is 18.5. The Morgan fingerprint density at radius 3 is 2.68 bits per heavy atom. The van der Waals surface area contributed by atoms with Gasteiger partial charge < -0.3 is 14.6 Å². The Morgan fingerprint density at radius 1 is 1.28 bits per heavy atom. The fourth-order valence-corrected chi connectivity index (χ4v) is 2.76. The van der Waals surface area contributed by atoms with E-state index in [4.69, 9.17) is 4.42 Å². The van der Waals surface area contributed by atoms with E-state index in [0.29, 0.717) is 22.3 Å². The highest BCUT2D eigenvalue weighted by Gasteiger charge is 2.19. The Hall–Kier alpha value is -2.89. The minimum absolute atomic E-state index is 0.239. The second-order valence-electron chi connectivity index (χ2n) is 6.23. The lowest BCUT2D eigenvalue weighted by atomic mass is 10.1. The number of aromatic nitrogens is 1. The lowest BCUT2D eigenvalue weighted by Crippen LogP contribution is -2.27. The molecule has 0 fully saturated rings. The van der Waals surface area contributed by atoms with Gasteiger partial charge in [0.05, 0.1) is 11.6 Å². The zero-order chi connectivity index (χ0) is 18.1.